The van der Waals surface area contributed by atoms with Crippen LogP contribution in [0.25, 0.3) is 0 Å². The van der Waals surface area contributed by atoms with Crippen molar-refractivity contribution in [3.63, 3.8) is 0 Å². The number of carbonyl (C=O) groups is 1. The van der Waals surface area contributed by atoms with Crippen LogP contribution in [0.2, 0.25) is 0 Å². The summed E-state index contributed by atoms with van der Waals surface area (Å²) in [4.78, 5) is 11.7. The molecule has 0 radical (unpaired) electrons. The lowest BCUT2D eigenvalue weighted by molar-refractivity contribution is -0.123. The molecule has 0 saturated carbocycles. The highest BCUT2D eigenvalue weighted by Gasteiger charge is 2.03. The molecule has 0 spiro atoms. The number of ether oxygens (including phenoxy) is 3. The first-order valence-corrected chi connectivity index (χ1v) is 7.88. The van der Waals surface area contributed by atoms with E-state index in [0.29, 0.717) is 24.7 Å². The van der Waals surface area contributed by atoms with Gasteiger partial charge in [0.15, 0.2) is 6.61 Å². The van der Waals surface area contributed by atoms with Gasteiger partial charge in [0.2, 0.25) is 0 Å². The average molecular weight is 380 g/mol. The maximum absolute atomic E-state index is 11.7. The van der Waals surface area contributed by atoms with Gasteiger partial charge < -0.3 is 19.5 Å². The highest BCUT2D eigenvalue weighted by Crippen LogP contribution is 2.18. The standard InChI is InChI=1S/C17H18BrNO4/c1-21-14-5-3-7-16(11-14)22-9-8-19-17(20)12-23-15-6-2-4-13(18)10-15/h2-7,10-11H,8-9,12H2,1H3,(H,19,20). The molecule has 0 atom stereocenters. The summed E-state index contributed by atoms with van der Waals surface area (Å²) in [6.45, 7) is 0.739. The SMILES string of the molecule is COc1cccc(OCCNC(=O)COc2cccc(Br)c2)c1. The second kappa shape index (κ2) is 9.05. The molecular formula is C17H18BrNO4. The zero-order chi connectivity index (χ0) is 16.5. The first-order valence-electron chi connectivity index (χ1n) is 7.09. The van der Waals surface area contributed by atoms with Crippen LogP contribution in [0.1, 0.15) is 0 Å². The molecule has 0 bridgehead atoms. The molecule has 122 valence electrons. The van der Waals surface area contributed by atoms with E-state index in [0.717, 1.165) is 10.2 Å². The van der Waals surface area contributed by atoms with Gasteiger partial charge >= 0.3 is 0 Å². The summed E-state index contributed by atoms with van der Waals surface area (Å²) >= 11 is 3.35. The van der Waals surface area contributed by atoms with Crippen LogP contribution in [0, 0.1) is 0 Å². The van der Waals surface area contributed by atoms with Crippen LogP contribution in [0.15, 0.2) is 53.0 Å². The van der Waals surface area contributed by atoms with Gasteiger partial charge in [0.25, 0.3) is 5.91 Å². The number of nitrogens with one attached hydrogen (secondary N) is 1. The van der Waals surface area contributed by atoms with Crippen LogP contribution in [-0.2, 0) is 4.79 Å². The summed E-state index contributed by atoms with van der Waals surface area (Å²) in [5.74, 6) is 1.87. The lowest BCUT2D eigenvalue weighted by atomic mass is 10.3. The lowest BCUT2D eigenvalue weighted by Gasteiger charge is -2.09. The smallest absolute Gasteiger partial charge is 0.258 e. The molecule has 6 heteroatoms. The molecule has 0 aromatic heterocycles. The van der Waals surface area contributed by atoms with E-state index in [9.17, 15) is 4.79 Å². The van der Waals surface area contributed by atoms with Crippen molar-refractivity contribution in [1.29, 1.82) is 0 Å². The number of rotatable bonds is 8. The number of amides is 1. The van der Waals surface area contributed by atoms with E-state index >= 15 is 0 Å². The number of benzene rings is 2. The van der Waals surface area contributed by atoms with E-state index in [1.165, 1.54) is 0 Å². The Morgan fingerprint density at radius 1 is 1.04 bits per heavy atom. The third-order valence-electron chi connectivity index (χ3n) is 2.90. The summed E-state index contributed by atoms with van der Waals surface area (Å²) in [6.07, 6.45) is 0. The van der Waals surface area contributed by atoms with Gasteiger partial charge in [-0.25, -0.2) is 0 Å². The van der Waals surface area contributed by atoms with Gasteiger partial charge in [0.1, 0.15) is 23.9 Å². The van der Waals surface area contributed by atoms with Crippen LogP contribution in [-0.4, -0.2) is 32.8 Å². The van der Waals surface area contributed by atoms with E-state index < -0.39 is 0 Å². The van der Waals surface area contributed by atoms with Crippen molar-refractivity contribution in [2.45, 2.75) is 0 Å². The summed E-state index contributed by atoms with van der Waals surface area (Å²) in [5.41, 5.74) is 0. The van der Waals surface area contributed by atoms with Gasteiger partial charge in [-0.2, -0.15) is 0 Å². The molecule has 0 heterocycles. The van der Waals surface area contributed by atoms with E-state index in [4.69, 9.17) is 14.2 Å². The number of hydrogen-bond donors (Lipinski definition) is 1. The predicted octanol–water partition coefficient (Wildman–Crippen LogP) is 3.03. The first-order chi connectivity index (χ1) is 11.2. The first kappa shape index (κ1) is 17.1. The van der Waals surface area contributed by atoms with E-state index in [1.54, 1.807) is 25.3 Å². The van der Waals surface area contributed by atoms with E-state index in [-0.39, 0.29) is 12.5 Å². The summed E-state index contributed by atoms with van der Waals surface area (Å²) < 4.78 is 16.9. The van der Waals surface area contributed by atoms with Gasteiger partial charge in [-0.05, 0) is 30.3 Å². The molecule has 2 rings (SSSR count). The number of halogens is 1. The van der Waals surface area contributed by atoms with Crippen molar-refractivity contribution < 1.29 is 19.0 Å². The third-order valence-corrected chi connectivity index (χ3v) is 3.39. The van der Waals surface area contributed by atoms with Crippen LogP contribution < -0.4 is 19.5 Å². The van der Waals surface area contributed by atoms with Crippen molar-refractivity contribution in [1.82, 2.24) is 5.32 Å². The predicted molar refractivity (Wildman–Crippen MR) is 91.1 cm³/mol. The maximum atomic E-state index is 11.7. The highest BCUT2D eigenvalue weighted by molar-refractivity contribution is 9.10. The Morgan fingerprint density at radius 3 is 2.48 bits per heavy atom. The van der Waals surface area contributed by atoms with Gasteiger partial charge in [0.05, 0.1) is 13.7 Å². The highest BCUT2D eigenvalue weighted by atomic mass is 79.9. The summed E-state index contributed by atoms with van der Waals surface area (Å²) in [7, 11) is 1.60. The molecule has 0 unspecified atom stereocenters. The van der Waals surface area contributed by atoms with Crippen molar-refractivity contribution in [3.8, 4) is 17.2 Å². The quantitative estimate of drug-likeness (QED) is 0.716. The lowest BCUT2D eigenvalue weighted by Crippen LogP contribution is -2.32. The van der Waals surface area contributed by atoms with Gasteiger partial charge in [-0.1, -0.05) is 28.1 Å². The largest absolute Gasteiger partial charge is 0.497 e. The monoisotopic (exact) mass is 379 g/mol. The second-order valence-corrected chi connectivity index (χ2v) is 5.54. The third kappa shape index (κ3) is 6.20. The van der Waals surface area contributed by atoms with E-state index in [2.05, 4.69) is 21.2 Å². The number of hydrogen-bond acceptors (Lipinski definition) is 4. The summed E-state index contributed by atoms with van der Waals surface area (Å²) in [6, 6.07) is 14.6. The molecule has 1 amide bonds. The fraction of sp³-hybridized carbons (Fsp3) is 0.235. The minimum Gasteiger partial charge on any atom is -0.497 e. The average Bonchev–Trinajstić information content (AvgIpc) is 2.57. The van der Waals surface area contributed by atoms with Gasteiger partial charge in [-0.3, -0.25) is 4.79 Å². The number of methoxy groups -OCH3 is 1. The Morgan fingerprint density at radius 2 is 1.74 bits per heavy atom. The zero-order valence-corrected chi connectivity index (χ0v) is 14.3. The molecule has 2 aromatic carbocycles. The molecule has 1 N–H and O–H groups in total. The molecule has 0 aliphatic heterocycles. The Hall–Kier alpha value is -2.21. The van der Waals surface area contributed by atoms with Gasteiger partial charge in [0, 0.05) is 10.5 Å². The molecule has 0 saturated heterocycles. The van der Waals surface area contributed by atoms with Crippen LogP contribution in [0.5, 0.6) is 17.2 Å². The summed E-state index contributed by atoms with van der Waals surface area (Å²) in [5, 5.41) is 2.73. The molecule has 2 aromatic rings. The molecule has 0 fully saturated rings. The molecule has 5 nitrogen and oxygen atoms in total. The Kier molecular flexibility index (Phi) is 6.75. The minimum absolute atomic E-state index is 0.0321. The van der Waals surface area contributed by atoms with Crippen molar-refractivity contribution in [2.75, 3.05) is 26.9 Å². The molecule has 0 aliphatic rings. The van der Waals surface area contributed by atoms with Crippen LogP contribution >= 0.6 is 15.9 Å². The Bertz CT molecular complexity index is 648. The maximum Gasteiger partial charge on any atom is 0.258 e. The molecule has 0 aliphatic carbocycles. The zero-order valence-electron chi connectivity index (χ0n) is 12.8. The van der Waals surface area contributed by atoms with Crippen LogP contribution in [0.3, 0.4) is 0 Å². The van der Waals surface area contributed by atoms with Crippen molar-refractivity contribution in [3.05, 3.63) is 53.0 Å². The van der Waals surface area contributed by atoms with Crippen molar-refractivity contribution in [2.24, 2.45) is 0 Å². The fourth-order valence-electron chi connectivity index (χ4n) is 1.81. The molecular weight excluding hydrogens is 362 g/mol. The topological polar surface area (TPSA) is 56.8 Å². The van der Waals surface area contributed by atoms with E-state index in [1.807, 2.05) is 30.3 Å². The van der Waals surface area contributed by atoms with Crippen molar-refractivity contribution >= 4 is 21.8 Å². The Labute approximate surface area is 143 Å². The van der Waals surface area contributed by atoms with Crippen LogP contribution in [0.4, 0.5) is 0 Å². The fourth-order valence-corrected chi connectivity index (χ4v) is 2.19. The minimum atomic E-state index is -0.195. The second-order valence-electron chi connectivity index (χ2n) is 4.62. The molecule has 23 heavy (non-hydrogen) atoms. The number of carbonyl (C=O) groups excluding carboxylic acids is 1. The normalized spacial score (nSPS) is 10.0. The Balaban J connectivity index is 1.64. The van der Waals surface area contributed by atoms with Gasteiger partial charge in [-0.15, -0.1) is 0 Å².